The predicted molar refractivity (Wildman–Crippen MR) is 109 cm³/mol. The summed E-state index contributed by atoms with van der Waals surface area (Å²) in [6.45, 7) is 1.39. The molecule has 1 aliphatic heterocycles. The zero-order valence-electron chi connectivity index (χ0n) is 17.7. The molecule has 8 nitrogen and oxygen atoms in total. The van der Waals surface area contributed by atoms with Crippen LogP contribution in [0.2, 0.25) is 0 Å². The Labute approximate surface area is 189 Å². The Morgan fingerprint density at radius 2 is 1.91 bits per heavy atom. The van der Waals surface area contributed by atoms with Crippen LogP contribution < -0.4 is 5.32 Å². The van der Waals surface area contributed by atoms with Crippen molar-refractivity contribution in [2.24, 2.45) is 5.16 Å². The van der Waals surface area contributed by atoms with Crippen LogP contribution in [0.5, 0.6) is 0 Å². The van der Waals surface area contributed by atoms with Gasteiger partial charge in [-0.1, -0.05) is 11.2 Å². The number of halogens is 5. The van der Waals surface area contributed by atoms with Crippen LogP contribution in [0.1, 0.15) is 24.7 Å². The lowest BCUT2D eigenvalue weighted by atomic mass is 9.98. The van der Waals surface area contributed by atoms with E-state index in [0.717, 1.165) is 31.5 Å². The number of carbonyl (C=O) groups excluding carboxylic acids is 1. The number of hydrogen-bond donors (Lipinski definition) is 1. The molecule has 1 aliphatic rings. The van der Waals surface area contributed by atoms with Gasteiger partial charge < -0.3 is 14.9 Å². The van der Waals surface area contributed by atoms with E-state index < -0.39 is 40.8 Å². The summed E-state index contributed by atoms with van der Waals surface area (Å²) < 4.78 is 73.9. The summed E-state index contributed by atoms with van der Waals surface area (Å²) in [4.78, 5) is 20.9. The molecule has 1 unspecified atom stereocenters. The van der Waals surface area contributed by atoms with Gasteiger partial charge in [0.15, 0.2) is 11.5 Å². The first-order chi connectivity index (χ1) is 16.0. The van der Waals surface area contributed by atoms with E-state index in [1.54, 1.807) is 0 Å². The lowest BCUT2D eigenvalue weighted by molar-refractivity contribution is -0.164. The molecule has 0 fully saturated rings. The first kappa shape index (κ1) is 23.1. The van der Waals surface area contributed by atoms with E-state index in [0.29, 0.717) is 4.68 Å². The molecule has 3 heterocycles. The summed E-state index contributed by atoms with van der Waals surface area (Å²) >= 11 is 0. The number of para-hydroxylation sites is 1. The van der Waals surface area contributed by atoms with Crippen molar-refractivity contribution >= 4 is 23.1 Å². The molecule has 0 radical (unpaired) electrons. The highest BCUT2D eigenvalue weighted by Crippen LogP contribution is 2.34. The molecule has 1 atom stereocenters. The smallest absolute Gasteiger partial charge is 0.433 e. The number of rotatable bonds is 5. The zero-order valence-corrected chi connectivity index (χ0v) is 17.7. The number of ether oxygens (including phenoxy) is 1. The number of nitrogens with zero attached hydrogens (tertiary/aromatic N) is 4. The van der Waals surface area contributed by atoms with E-state index in [-0.39, 0.29) is 29.3 Å². The number of aromatic nitrogens is 3. The molecular weight excluding hydrogens is 465 g/mol. The Morgan fingerprint density at radius 3 is 2.50 bits per heavy atom. The van der Waals surface area contributed by atoms with E-state index in [1.807, 2.05) is 0 Å². The Morgan fingerprint density at radius 1 is 1.21 bits per heavy atom. The molecule has 13 heteroatoms. The van der Waals surface area contributed by atoms with E-state index in [9.17, 15) is 26.7 Å². The van der Waals surface area contributed by atoms with Crippen molar-refractivity contribution in [1.29, 1.82) is 0 Å². The maximum absolute atomic E-state index is 13.8. The quantitative estimate of drug-likeness (QED) is 0.430. The van der Waals surface area contributed by atoms with Crippen LogP contribution >= 0.6 is 0 Å². The highest BCUT2D eigenvalue weighted by atomic mass is 19.4. The molecule has 1 N–H and O–H groups in total. The molecule has 4 rings (SSSR count). The second kappa shape index (κ2) is 8.39. The number of anilines is 2. The average molecular weight is 481 g/mol. The Kier molecular flexibility index (Phi) is 5.71. The van der Waals surface area contributed by atoms with Crippen LogP contribution in [0, 0.1) is 11.6 Å². The van der Waals surface area contributed by atoms with Crippen LogP contribution in [-0.2, 0) is 20.5 Å². The zero-order chi connectivity index (χ0) is 24.7. The number of carbonyl (C=O) groups is 1. The number of methoxy groups -OCH3 is 1. The van der Waals surface area contributed by atoms with Gasteiger partial charge in [0.2, 0.25) is 5.60 Å². The van der Waals surface area contributed by atoms with Crippen molar-refractivity contribution < 1.29 is 36.3 Å². The molecule has 1 aromatic carbocycles. The molecule has 0 spiro atoms. The average Bonchev–Trinajstić information content (AvgIpc) is 3.41. The number of nitrogens with one attached hydrogen (secondary N) is 1. The summed E-state index contributed by atoms with van der Waals surface area (Å²) in [6, 6.07) is 6.54. The van der Waals surface area contributed by atoms with Crippen LogP contribution in [0.3, 0.4) is 0 Å². The molecule has 3 aromatic rings. The van der Waals surface area contributed by atoms with Crippen molar-refractivity contribution in [3.05, 3.63) is 65.6 Å². The van der Waals surface area contributed by atoms with E-state index in [2.05, 4.69) is 25.3 Å². The summed E-state index contributed by atoms with van der Waals surface area (Å²) in [6.07, 6.45) is -3.85. The maximum Gasteiger partial charge on any atom is 0.433 e. The highest BCUT2D eigenvalue weighted by Gasteiger charge is 2.45. The summed E-state index contributed by atoms with van der Waals surface area (Å²) in [5, 5.41) is 10.2. The van der Waals surface area contributed by atoms with Gasteiger partial charge in [-0.05, 0) is 37.3 Å². The Bertz CT molecular complexity index is 1250. The number of hydrogen-bond acceptors (Lipinski definition) is 7. The van der Waals surface area contributed by atoms with Crippen molar-refractivity contribution in [2.75, 3.05) is 12.4 Å². The minimum atomic E-state index is -4.80. The Hall–Kier alpha value is -4.03. The van der Waals surface area contributed by atoms with Crippen molar-refractivity contribution in [1.82, 2.24) is 14.8 Å². The van der Waals surface area contributed by atoms with Gasteiger partial charge in [0.05, 0.1) is 19.0 Å². The lowest BCUT2D eigenvalue weighted by Gasteiger charge is -2.17. The predicted octanol–water partition coefficient (Wildman–Crippen LogP) is 4.36. The number of oxime groups is 1. The molecular formula is C21H16F5N5O3. The van der Waals surface area contributed by atoms with Crippen molar-refractivity contribution in [3.8, 4) is 5.82 Å². The highest BCUT2D eigenvalue weighted by molar-refractivity contribution is 6.03. The number of alkyl halides is 3. The molecule has 178 valence electrons. The van der Waals surface area contributed by atoms with Crippen LogP contribution in [0.25, 0.3) is 5.82 Å². The van der Waals surface area contributed by atoms with Crippen molar-refractivity contribution in [3.63, 3.8) is 0 Å². The fourth-order valence-electron chi connectivity index (χ4n) is 3.25. The normalized spacial score (nSPS) is 17.8. The standard InChI is InChI=1S/C21H16F5N5O3/c1-20(19(32)33-2)9-15(30-34-20)14-8-16(21(24,25)26)31(29-14)17-7-6-11(10-27-17)28-18-12(22)4-3-5-13(18)23/h3-8,10,28H,9H2,1-2H3. The van der Waals surface area contributed by atoms with Gasteiger partial charge in [0, 0.05) is 6.42 Å². The van der Waals surface area contributed by atoms with Crippen LogP contribution in [0.4, 0.5) is 33.3 Å². The molecule has 0 saturated heterocycles. The van der Waals surface area contributed by atoms with Gasteiger partial charge in [-0.15, -0.1) is 0 Å². The van der Waals surface area contributed by atoms with Gasteiger partial charge >= 0.3 is 12.1 Å². The molecule has 0 bridgehead atoms. The Balaban J connectivity index is 1.64. The molecule has 0 aliphatic carbocycles. The van der Waals surface area contributed by atoms with Gasteiger partial charge in [-0.25, -0.2) is 23.2 Å². The fraction of sp³-hybridized carbons (Fsp3) is 0.238. The minimum absolute atomic E-state index is 0.0189. The largest absolute Gasteiger partial charge is 0.466 e. The molecule has 0 saturated carbocycles. The number of benzene rings is 1. The third kappa shape index (κ3) is 4.28. The monoisotopic (exact) mass is 481 g/mol. The fourth-order valence-corrected chi connectivity index (χ4v) is 3.25. The first-order valence-corrected chi connectivity index (χ1v) is 9.70. The maximum atomic E-state index is 13.8. The number of esters is 1. The summed E-state index contributed by atoms with van der Waals surface area (Å²) in [7, 11) is 1.15. The van der Waals surface area contributed by atoms with Crippen molar-refractivity contribution in [2.45, 2.75) is 25.1 Å². The summed E-state index contributed by atoms with van der Waals surface area (Å²) in [5.74, 6) is -2.65. The third-order valence-electron chi connectivity index (χ3n) is 4.97. The third-order valence-corrected chi connectivity index (χ3v) is 4.97. The topological polar surface area (TPSA) is 90.6 Å². The summed E-state index contributed by atoms with van der Waals surface area (Å²) in [5.41, 5.74) is -3.08. The van der Waals surface area contributed by atoms with E-state index in [1.165, 1.54) is 25.1 Å². The molecule has 0 amide bonds. The van der Waals surface area contributed by atoms with Crippen LogP contribution in [0.15, 0.2) is 47.8 Å². The van der Waals surface area contributed by atoms with Gasteiger partial charge in [-0.2, -0.15) is 18.3 Å². The van der Waals surface area contributed by atoms with Gasteiger partial charge in [-0.3, -0.25) is 0 Å². The minimum Gasteiger partial charge on any atom is -0.466 e. The van der Waals surface area contributed by atoms with Gasteiger partial charge in [0.1, 0.15) is 28.7 Å². The van der Waals surface area contributed by atoms with Gasteiger partial charge in [0.25, 0.3) is 0 Å². The number of pyridine rings is 1. The molecule has 34 heavy (non-hydrogen) atoms. The first-order valence-electron chi connectivity index (χ1n) is 9.70. The lowest BCUT2D eigenvalue weighted by Crippen LogP contribution is -2.36. The SMILES string of the molecule is COC(=O)C1(C)CC(c2cc(C(F)(F)F)n(-c3ccc(Nc4c(F)cccc4F)cn3)n2)=NO1. The second-order valence-corrected chi connectivity index (χ2v) is 7.48. The second-order valence-electron chi connectivity index (χ2n) is 7.48. The van der Waals surface area contributed by atoms with Crippen LogP contribution in [-0.4, -0.2) is 39.2 Å². The van der Waals surface area contributed by atoms with E-state index in [4.69, 9.17) is 4.84 Å². The van der Waals surface area contributed by atoms with E-state index >= 15 is 0 Å². The molecule has 2 aromatic heterocycles.